The molecule has 24 heavy (non-hydrogen) atoms. The predicted molar refractivity (Wildman–Crippen MR) is 97.7 cm³/mol. The Hall–Kier alpha value is -2.54. The van der Waals surface area contributed by atoms with Gasteiger partial charge in [0.1, 0.15) is 0 Å². The van der Waals surface area contributed by atoms with E-state index in [4.69, 9.17) is 15.2 Å². The Morgan fingerprint density at radius 1 is 1.25 bits per heavy atom. The maximum absolute atomic E-state index is 10.9. The van der Waals surface area contributed by atoms with E-state index in [1.165, 1.54) is 0 Å². The van der Waals surface area contributed by atoms with Gasteiger partial charge in [0.15, 0.2) is 18.1 Å². The van der Waals surface area contributed by atoms with E-state index in [9.17, 15) is 4.79 Å². The van der Waals surface area contributed by atoms with E-state index in [1.54, 1.807) is 18.3 Å². The van der Waals surface area contributed by atoms with Crippen LogP contribution in [-0.4, -0.2) is 25.3 Å². The van der Waals surface area contributed by atoms with Gasteiger partial charge in [-0.3, -0.25) is 10.2 Å². The van der Waals surface area contributed by atoms with Gasteiger partial charge in [0, 0.05) is 10.0 Å². The first-order chi connectivity index (χ1) is 11.6. The summed E-state index contributed by atoms with van der Waals surface area (Å²) < 4.78 is 11.7. The number of anilines is 1. The molecule has 7 heteroatoms. The molecular formula is C17H18BrN3O3. The summed E-state index contributed by atoms with van der Waals surface area (Å²) in [5, 5.41) is 4.20. The Labute approximate surface area is 148 Å². The average molecular weight is 392 g/mol. The Morgan fingerprint density at radius 2 is 1.96 bits per heavy atom. The lowest BCUT2D eigenvalue weighted by atomic mass is 10.2. The summed E-state index contributed by atoms with van der Waals surface area (Å²) in [6, 6.07) is 13.1. The molecule has 0 aliphatic carbocycles. The van der Waals surface area contributed by atoms with E-state index in [0.29, 0.717) is 18.1 Å². The van der Waals surface area contributed by atoms with Crippen LogP contribution >= 0.6 is 15.9 Å². The number of primary amides is 1. The van der Waals surface area contributed by atoms with Crippen LogP contribution < -0.4 is 20.6 Å². The SMILES string of the molecule is CCOc1cc(C=NNc2ccccc2)c(Br)cc1OCC(N)=O. The minimum absolute atomic E-state index is 0.213. The highest BCUT2D eigenvalue weighted by atomic mass is 79.9. The van der Waals surface area contributed by atoms with Gasteiger partial charge in [0.05, 0.1) is 18.5 Å². The number of carbonyl (C=O) groups excluding carboxylic acids is 1. The third-order valence-electron chi connectivity index (χ3n) is 2.90. The van der Waals surface area contributed by atoms with E-state index < -0.39 is 5.91 Å². The topological polar surface area (TPSA) is 85.9 Å². The molecule has 2 aromatic rings. The van der Waals surface area contributed by atoms with Crippen molar-refractivity contribution in [3.05, 3.63) is 52.5 Å². The number of benzene rings is 2. The summed E-state index contributed by atoms with van der Waals surface area (Å²) in [4.78, 5) is 10.9. The molecule has 6 nitrogen and oxygen atoms in total. The molecule has 3 N–H and O–H groups in total. The number of nitrogens with two attached hydrogens (primary N) is 1. The maximum Gasteiger partial charge on any atom is 0.255 e. The lowest BCUT2D eigenvalue weighted by Gasteiger charge is -2.13. The van der Waals surface area contributed by atoms with Crippen molar-refractivity contribution >= 4 is 33.7 Å². The van der Waals surface area contributed by atoms with E-state index in [-0.39, 0.29) is 6.61 Å². The second-order valence-electron chi connectivity index (χ2n) is 4.74. The number of hydrazone groups is 1. The van der Waals surface area contributed by atoms with Crippen molar-refractivity contribution in [2.24, 2.45) is 10.8 Å². The van der Waals surface area contributed by atoms with Crippen molar-refractivity contribution in [2.45, 2.75) is 6.92 Å². The highest BCUT2D eigenvalue weighted by molar-refractivity contribution is 9.10. The third kappa shape index (κ3) is 5.27. The molecule has 0 radical (unpaired) electrons. The Morgan fingerprint density at radius 3 is 2.62 bits per heavy atom. The zero-order valence-corrected chi connectivity index (χ0v) is 14.7. The minimum atomic E-state index is -0.550. The van der Waals surface area contributed by atoms with Gasteiger partial charge in [-0.25, -0.2) is 0 Å². The number of halogens is 1. The van der Waals surface area contributed by atoms with E-state index in [0.717, 1.165) is 15.7 Å². The molecule has 0 saturated carbocycles. The Bertz CT molecular complexity index is 721. The van der Waals surface area contributed by atoms with Crippen molar-refractivity contribution in [2.75, 3.05) is 18.6 Å². The van der Waals surface area contributed by atoms with Gasteiger partial charge >= 0.3 is 0 Å². The Kier molecular flexibility index (Phi) is 6.62. The fourth-order valence-electron chi connectivity index (χ4n) is 1.87. The molecule has 0 aliphatic rings. The molecule has 0 aliphatic heterocycles. The molecule has 0 heterocycles. The van der Waals surface area contributed by atoms with Gasteiger partial charge < -0.3 is 15.2 Å². The van der Waals surface area contributed by atoms with Crippen molar-refractivity contribution < 1.29 is 14.3 Å². The first kappa shape index (κ1) is 17.8. The molecule has 0 fully saturated rings. The number of rotatable bonds is 8. The van der Waals surface area contributed by atoms with Crippen LogP contribution in [0.5, 0.6) is 11.5 Å². The molecule has 0 spiro atoms. The Balaban J connectivity index is 2.17. The van der Waals surface area contributed by atoms with Crippen LogP contribution in [0, 0.1) is 0 Å². The fraction of sp³-hybridized carbons (Fsp3) is 0.176. The summed E-state index contributed by atoms with van der Waals surface area (Å²) >= 11 is 3.46. The molecule has 2 aromatic carbocycles. The highest BCUT2D eigenvalue weighted by Gasteiger charge is 2.11. The van der Waals surface area contributed by atoms with Crippen molar-refractivity contribution in [1.82, 2.24) is 0 Å². The number of nitrogens with one attached hydrogen (secondary N) is 1. The molecule has 0 bridgehead atoms. The summed E-state index contributed by atoms with van der Waals surface area (Å²) in [5.74, 6) is 0.407. The van der Waals surface area contributed by atoms with Crippen LogP contribution in [0.25, 0.3) is 0 Å². The van der Waals surface area contributed by atoms with Gasteiger partial charge in [-0.1, -0.05) is 18.2 Å². The van der Waals surface area contributed by atoms with Crippen LogP contribution in [0.1, 0.15) is 12.5 Å². The normalized spacial score (nSPS) is 10.6. The first-order valence-corrected chi connectivity index (χ1v) is 8.11. The van der Waals surface area contributed by atoms with Crippen molar-refractivity contribution in [3.63, 3.8) is 0 Å². The number of ether oxygens (including phenoxy) is 2. The van der Waals surface area contributed by atoms with Gasteiger partial charge in [-0.15, -0.1) is 0 Å². The van der Waals surface area contributed by atoms with Crippen LogP contribution in [0.3, 0.4) is 0 Å². The maximum atomic E-state index is 10.9. The first-order valence-electron chi connectivity index (χ1n) is 7.31. The predicted octanol–water partition coefficient (Wildman–Crippen LogP) is 3.16. The molecule has 0 aromatic heterocycles. The highest BCUT2D eigenvalue weighted by Crippen LogP contribution is 2.33. The van der Waals surface area contributed by atoms with Crippen LogP contribution in [-0.2, 0) is 4.79 Å². The van der Waals surface area contributed by atoms with Crippen molar-refractivity contribution in [1.29, 1.82) is 0 Å². The summed E-state index contributed by atoms with van der Waals surface area (Å²) in [6.07, 6.45) is 1.66. The fourth-order valence-corrected chi connectivity index (χ4v) is 2.29. The third-order valence-corrected chi connectivity index (χ3v) is 3.59. The molecule has 2 rings (SSSR count). The standard InChI is InChI=1S/C17H18BrN3O3/c1-2-23-15-8-12(10-20-21-13-6-4-3-5-7-13)14(18)9-16(15)24-11-17(19)22/h3-10,21H,2,11H2,1H3,(H2,19,22). The largest absolute Gasteiger partial charge is 0.490 e. The van der Waals surface area contributed by atoms with Crippen LogP contribution in [0.2, 0.25) is 0 Å². The van der Waals surface area contributed by atoms with E-state index in [1.807, 2.05) is 37.3 Å². The van der Waals surface area contributed by atoms with Gasteiger partial charge in [0.2, 0.25) is 0 Å². The molecule has 0 saturated heterocycles. The molecule has 0 atom stereocenters. The number of nitrogens with zero attached hydrogens (tertiary/aromatic N) is 1. The van der Waals surface area contributed by atoms with E-state index in [2.05, 4.69) is 26.5 Å². The second-order valence-corrected chi connectivity index (χ2v) is 5.60. The van der Waals surface area contributed by atoms with Crippen molar-refractivity contribution in [3.8, 4) is 11.5 Å². The molecule has 1 amide bonds. The monoisotopic (exact) mass is 391 g/mol. The summed E-state index contributed by atoms with van der Waals surface area (Å²) in [5.41, 5.74) is 9.73. The average Bonchev–Trinajstić information content (AvgIpc) is 2.57. The summed E-state index contributed by atoms with van der Waals surface area (Å²) in [6.45, 7) is 2.12. The van der Waals surface area contributed by atoms with Crippen LogP contribution in [0.15, 0.2) is 52.0 Å². The lowest BCUT2D eigenvalue weighted by Crippen LogP contribution is -2.20. The van der Waals surface area contributed by atoms with Gasteiger partial charge in [-0.05, 0) is 47.1 Å². The quantitative estimate of drug-likeness (QED) is 0.534. The molecule has 126 valence electrons. The van der Waals surface area contributed by atoms with Crippen LogP contribution in [0.4, 0.5) is 5.69 Å². The smallest absolute Gasteiger partial charge is 0.255 e. The zero-order chi connectivity index (χ0) is 17.4. The number of hydrogen-bond donors (Lipinski definition) is 2. The molecular weight excluding hydrogens is 374 g/mol. The number of hydrogen-bond acceptors (Lipinski definition) is 5. The molecule has 0 unspecified atom stereocenters. The summed E-state index contributed by atoms with van der Waals surface area (Å²) in [7, 11) is 0. The number of para-hydroxylation sites is 1. The minimum Gasteiger partial charge on any atom is -0.490 e. The number of carbonyl (C=O) groups is 1. The zero-order valence-electron chi connectivity index (χ0n) is 13.2. The van der Waals surface area contributed by atoms with Gasteiger partial charge in [0.25, 0.3) is 5.91 Å². The van der Waals surface area contributed by atoms with Gasteiger partial charge in [-0.2, -0.15) is 5.10 Å². The second kappa shape index (κ2) is 8.93. The van der Waals surface area contributed by atoms with E-state index >= 15 is 0 Å². The lowest BCUT2D eigenvalue weighted by molar-refractivity contribution is -0.119. The number of amides is 1.